The van der Waals surface area contributed by atoms with Crippen LogP contribution in [0.25, 0.3) is 0 Å². The lowest BCUT2D eigenvalue weighted by molar-refractivity contribution is -0.146. The molecule has 10 nitrogen and oxygen atoms in total. The molecule has 10 heteroatoms. The number of amides is 3. The number of carbonyl (C=O) groups excluding carboxylic acids is 3. The molecular formula is C27H37N5O5. The molecule has 2 N–H and O–H groups in total. The smallest absolute Gasteiger partial charge is 0.408 e. The van der Waals surface area contributed by atoms with Crippen molar-refractivity contribution in [2.24, 2.45) is 5.92 Å². The number of nitrogens with zero attached hydrogens (tertiary/aromatic N) is 3. The molecule has 1 aromatic heterocycles. The SMILES string of the molecule is Cc1cc([C@H]2CN(C(=O)[C@@H]3CC[C@@H]4CCCC[C@H](NC(=O)OC(C)(C)C)C(=O)N43)C[C@@H]2C#N)cc(=O)[nH]1. The molecule has 0 unspecified atom stereocenters. The lowest BCUT2D eigenvalue weighted by Gasteiger charge is -2.36. The summed E-state index contributed by atoms with van der Waals surface area (Å²) in [6, 6.07) is 4.23. The number of nitriles is 1. The zero-order chi connectivity index (χ0) is 26.9. The molecule has 0 radical (unpaired) electrons. The molecule has 3 aliphatic rings. The Labute approximate surface area is 217 Å². The van der Waals surface area contributed by atoms with Crippen molar-refractivity contribution < 1.29 is 19.1 Å². The summed E-state index contributed by atoms with van der Waals surface area (Å²) in [7, 11) is 0. The lowest BCUT2D eigenvalue weighted by atomic mass is 9.90. The molecule has 3 saturated heterocycles. The van der Waals surface area contributed by atoms with Crippen molar-refractivity contribution in [3.63, 3.8) is 0 Å². The molecule has 0 aliphatic carbocycles. The van der Waals surface area contributed by atoms with E-state index in [2.05, 4.69) is 16.4 Å². The Bertz CT molecular complexity index is 1150. The largest absolute Gasteiger partial charge is 0.444 e. The number of carbonyl (C=O) groups is 3. The summed E-state index contributed by atoms with van der Waals surface area (Å²) in [4.78, 5) is 58.0. The molecule has 4 rings (SSSR count). The average Bonchev–Trinajstić information content (AvgIpc) is 3.41. The van der Waals surface area contributed by atoms with Crippen LogP contribution in [-0.2, 0) is 14.3 Å². The van der Waals surface area contributed by atoms with Crippen molar-refractivity contribution in [1.29, 1.82) is 5.26 Å². The maximum absolute atomic E-state index is 13.8. The Morgan fingerprint density at radius 2 is 1.84 bits per heavy atom. The van der Waals surface area contributed by atoms with Crippen LogP contribution in [0.3, 0.4) is 0 Å². The standard InChI is InChI=1S/C27H37N5O5/c1-16-11-17(12-23(33)29-16)20-15-31(14-18(20)13-28)25(35)22-10-9-19-7-5-6-8-21(24(34)32(19)22)30-26(36)37-27(2,3)4/h11-12,18-22H,5-10,14-15H2,1-4H3,(H,29,33)(H,30,36)/t18-,19-,20+,21-,22-/m0/s1. The fourth-order valence-corrected chi connectivity index (χ4v) is 5.94. The van der Waals surface area contributed by atoms with Gasteiger partial charge >= 0.3 is 6.09 Å². The number of H-pyrrole nitrogens is 1. The maximum Gasteiger partial charge on any atom is 0.408 e. The van der Waals surface area contributed by atoms with E-state index in [-0.39, 0.29) is 35.9 Å². The number of aromatic amines is 1. The molecule has 4 heterocycles. The van der Waals surface area contributed by atoms with E-state index in [9.17, 15) is 24.4 Å². The van der Waals surface area contributed by atoms with Crippen molar-refractivity contribution in [2.45, 2.75) is 95.9 Å². The van der Waals surface area contributed by atoms with Crippen molar-refractivity contribution in [3.8, 4) is 6.07 Å². The maximum atomic E-state index is 13.8. The van der Waals surface area contributed by atoms with Crippen LogP contribution in [0, 0.1) is 24.2 Å². The first-order valence-corrected chi connectivity index (χ1v) is 13.2. The van der Waals surface area contributed by atoms with Crippen LogP contribution < -0.4 is 10.9 Å². The van der Waals surface area contributed by atoms with Crippen LogP contribution in [0.15, 0.2) is 16.9 Å². The van der Waals surface area contributed by atoms with Crippen LogP contribution in [0.5, 0.6) is 0 Å². The van der Waals surface area contributed by atoms with E-state index in [0.29, 0.717) is 25.1 Å². The molecule has 0 aromatic carbocycles. The van der Waals surface area contributed by atoms with E-state index >= 15 is 0 Å². The number of aromatic nitrogens is 1. The van der Waals surface area contributed by atoms with Gasteiger partial charge < -0.3 is 24.8 Å². The molecule has 0 bridgehead atoms. The summed E-state index contributed by atoms with van der Waals surface area (Å²) in [5.41, 5.74) is 0.536. The lowest BCUT2D eigenvalue weighted by Crippen LogP contribution is -2.57. The van der Waals surface area contributed by atoms with Crippen LogP contribution >= 0.6 is 0 Å². The number of nitrogens with one attached hydrogen (secondary N) is 2. The number of hydrogen-bond acceptors (Lipinski definition) is 6. The molecule has 0 spiro atoms. The monoisotopic (exact) mass is 511 g/mol. The van der Waals surface area contributed by atoms with Gasteiger partial charge in [0.15, 0.2) is 0 Å². The summed E-state index contributed by atoms with van der Waals surface area (Å²) in [6.07, 6.45) is 3.67. The third-order valence-electron chi connectivity index (χ3n) is 7.54. The number of fused-ring (bicyclic) bond motifs is 1. The third kappa shape index (κ3) is 5.97. The molecule has 3 aliphatic heterocycles. The molecule has 5 atom stereocenters. The number of pyridine rings is 1. The Balaban J connectivity index is 1.52. The van der Waals surface area contributed by atoms with Crippen molar-refractivity contribution in [3.05, 3.63) is 33.7 Å². The Hall–Kier alpha value is -3.35. The van der Waals surface area contributed by atoms with Crippen molar-refractivity contribution in [1.82, 2.24) is 20.1 Å². The first kappa shape index (κ1) is 26.7. The molecule has 3 amide bonds. The van der Waals surface area contributed by atoms with Gasteiger partial charge in [-0.1, -0.05) is 12.8 Å². The third-order valence-corrected chi connectivity index (χ3v) is 7.54. The quantitative estimate of drug-likeness (QED) is 0.640. The van der Waals surface area contributed by atoms with Gasteiger partial charge in [-0.05, 0) is 65.0 Å². The van der Waals surface area contributed by atoms with Gasteiger partial charge in [0.1, 0.15) is 17.7 Å². The molecule has 37 heavy (non-hydrogen) atoms. The second-order valence-corrected chi connectivity index (χ2v) is 11.5. The van der Waals surface area contributed by atoms with Gasteiger partial charge in [-0.15, -0.1) is 0 Å². The van der Waals surface area contributed by atoms with Gasteiger partial charge in [0.05, 0.1) is 12.0 Å². The predicted molar refractivity (Wildman–Crippen MR) is 136 cm³/mol. The fourth-order valence-electron chi connectivity index (χ4n) is 5.94. The van der Waals surface area contributed by atoms with E-state index in [1.54, 1.807) is 37.5 Å². The van der Waals surface area contributed by atoms with E-state index in [4.69, 9.17) is 4.74 Å². The minimum atomic E-state index is -0.747. The molecular weight excluding hydrogens is 474 g/mol. The summed E-state index contributed by atoms with van der Waals surface area (Å²) in [6.45, 7) is 7.67. The number of likely N-dealkylation sites (tertiary alicyclic amines) is 1. The molecule has 3 fully saturated rings. The van der Waals surface area contributed by atoms with Gasteiger partial charge in [0, 0.05) is 36.8 Å². The van der Waals surface area contributed by atoms with Crippen molar-refractivity contribution in [2.75, 3.05) is 13.1 Å². The van der Waals surface area contributed by atoms with E-state index in [1.807, 2.05) is 6.07 Å². The van der Waals surface area contributed by atoms with Crippen LogP contribution in [-0.4, -0.2) is 69.5 Å². The van der Waals surface area contributed by atoms with Gasteiger partial charge in [0.25, 0.3) is 0 Å². The number of ether oxygens (including phenoxy) is 1. The number of aryl methyl sites for hydroxylation is 1. The minimum Gasteiger partial charge on any atom is -0.444 e. The second kappa shape index (κ2) is 10.6. The molecule has 200 valence electrons. The van der Waals surface area contributed by atoms with Crippen LogP contribution in [0.4, 0.5) is 4.79 Å². The highest BCUT2D eigenvalue weighted by molar-refractivity contribution is 5.92. The van der Waals surface area contributed by atoms with E-state index in [0.717, 1.165) is 31.2 Å². The average molecular weight is 512 g/mol. The first-order valence-electron chi connectivity index (χ1n) is 13.2. The number of rotatable bonds is 3. The van der Waals surface area contributed by atoms with Gasteiger partial charge in [0.2, 0.25) is 17.4 Å². The number of hydrogen-bond donors (Lipinski definition) is 2. The molecule has 0 saturated carbocycles. The Morgan fingerprint density at radius 3 is 2.51 bits per heavy atom. The Kier molecular flexibility index (Phi) is 7.62. The normalized spacial score (nSPS) is 28.2. The summed E-state index contributed by atoms with van der Waals surface area (Å²) in [5.74, 6) is -1.12. The van der Waals surface area contributed by atoms with Crippen molar-refractivity contribution >= 4 is 17.9 Å². The summed E-state index contributed by atoms with van der Waals surface area (Å²) < 4.78 is 5.37. The highest BCUT2D eigenvalue weighted by Gasteiger charge is 2.47. The summed E-state index contributed by atoms with van der Waals surface area (Å²) in [5, 5.41) is 12.5. The molecule has 1 aromatic rings. The zero-order valence-electron chi connectivity index (χ0n) is 22.1. The van der Waals surface area contributed by atoms with Gasteiger partial charge in [-0.3, -0.25) is 14.4 Å². The van der Waals surface area contributed by atoms with E-state index in [1.165, 1.54) is 6.07 Å². The number of alkyl carbamates (subject to hydrolysis) is 1. The van der Waals surface area contributed by atoms with Gasteiger partial charge in [-0.2, -0.15) is 5.26 Å². The highest BCUT2D eigenvalue weighted by atomic mass is 16.6. The fraction of sp³-hybridized carbons (Fsp3) is 0.667. The summed E-state index contributed by atoms with van der Waals surface area (Å²) >= 11 is 0. The highest BCUT2D eigenvalue weighted by Crippen LogP contribution is 2.36. The predicted octanol–water partition coefficient (Wildman–Crippen LogP) is 2.58. The topological polar surface area (TPSA) is 136 Å². The van der Waals surface area contributed by atoms with Gasteiger partial charge in [-0.25, -0.2) is 4.79 Å². The zero-order valence-corrected chi connectivity index (χ0v) is 22.1. The van der Waals surface area contributed by atoms with Crippen LogP contribution in [0.1, 0.15) is 76.5 Å². The minimum absolute atomic E-state index is 0.0508. The Morgan fingerprint density at radius 1 is 1.11 bits per heavy atom. The second-order valence-electron chi connectivity index (χ2n) is 11.5. The van der Waals surface area contributed by atoms with E-state index < -0.39 is 29.7 Å². The van der Waals surface area contributed by atoms with Crippen LogP contribution in [0.2, 0.25) is 0 Å². The first-order chi connectivity index (χ1) is 17.5.